The van der Waals surface area contributed by atoms with E-state index in [0.717, 1.165) is 24.4 Å². The predicted molar refractivity (Wildman–Crippen MR) is 141 cm³/mol. The van der Waals surface area contributed by atoms with Crippen LogP contribution in [0.5, 0.6) is 0 Å². The van der Waals surface area contributed by atoms with Crippen LogP contribution in [0.3, 0.4) is 0 Å². The van der Waals surface area contributed by atoms with Crippen LogP contribution in [0, 0.1) is 0 Å². The van der Waals surface area contributed by atoms with Crippen LogP contribution in [0.25, 0.3) is 0 Å². The second-order valence-electron chi connectivity index (χ2n) is 9.88. The molecule has 2 fully saturated rings. The standard InChI is InChI=1S/C21H28N4O19P2/c26-6-8-15(31)17(33)14(22-11(28)5-25-12(29)1-2-13(25)30)20(42-8)43-46(38,39)44-45(36,37)40-7-9-16(32)18(34)19(41-9)24-4-3-10(27)23-21(24)35/h1-4,8-9,14-20,26,31-34H,5-7H2,(H,22,28)(H,36,37)(H,38,39)(H,23,27,35)/t8-,9-,14-,15+,16-,17-,18-,19-,20-/m1/s1. The maximum Gasteiger partial charge on any atom is 0.483 e. The molecule has 0 aromatic carbocycles. The number of aromatic amines is 1. The number of carbonyl (C=O) groups is 3. The highest BCUT2D eigenvalue weighted by Crippen LogP contribution is 2.61. The summed E-state index contributed by atoms with van der Waals surface area (Å²) in [6.45, 7) is -3.00. The van der Waals surface area contributed by atoms with Crippen LogP contribution in [0.15, 0.2) is 34.0 Å². The SMILES string of the molecule is O=C(CN1C(=O)C=CC1=O)N[C@H]1[C@@H](OP(=O)(O)OP(=O)(O)OC[C@H]2O[C@@H](n3ccc(=O)[nH]c3=O)[C@H](O)[C@@H]2O)O[C@H](CO)[C@H](O)[C@@H]1O. The molecule has 1 aromatic rings. The second-order valence-corrected chi connectivity index (χ2v) is 12.9. The Morgan fingerprint density at radius 1 is 0.935 bits per heavy atom. The van der Waals surface area contributed by atoms with Gasteiger partial charge in [-0.25, -0.2) is 13.9 Å². The predicted octanol–water partition coefficient (Wildman–Crippen LogP) is -5.74. The molecule has 4 heterocycles. The maximum atomic E-state index is 12.7. The van der Waals surface area contributed by atoms with Gasteiger partial charge in [-0.15, -0.1) is 0 Å². The van der Waals surface area contributed by atoms with Crippen LogP contribution in [0.4, 0.5) is 0 Å². The molecule has 256 valence electrons. The molecular weight excluding hydrogens is 674 g/mol. The van der Waals surface area contributed by atoms with E-state index in [9.17, 15) is 68.4 Å². The first-order chi connectivity index (χ1) is 21.4. The number of H-pyrrole nitrogens is 1. The molecule has 3 aliphatic rings. The smallest absolute Gasteiger partial charge is 0.394 e. The minimum Gasteiger partial charge on any atom is -0.394 e. The number of carbonyl (C=O) groups excluding carboxylic acids is 3. The summed E-state index contributed by atoms with van der Waals surface area (Å²) in [5, 5.41) is 52.7. The van der Waals surface area contributed by atoms with Gasteiger partial charge in [-0.05, 0) is 0 Å². The van der Waals surface area contributed by atoms with Crippen LogP contribution >= 0.6 is 15.6 Å². The normalized spacial score (nSPS) is 34.0. The summed E-state index contributed by atoms with van der Waals surface area (Å²) in [4.78, 5) is 81.9. The van der Waals surface area contributed by atoms with Gasteiger partial charge < -0.3 is 50.1 Å². The van der Waals surface area contributed by atoms with Gasteiger partial charge in [0.1, 0.15) is 49.2 Å². The van der Waals surface area contributed by atoms with Gasteiger partial charge in [0.2, 0.25) is 5.91 Å². The summed E-state index contributed by atoms with van der Waals surface area (Å²) < 4.78 is 49.8. The van der Waals surface area contributed by atoms with Gasteiger partial charge >= 0.3 is 21.3 Å². The number of imide groups is 1. The van der Waals surface area contributed by atoms with Crippen molar-refractivity contribution in [1.82, 2.24) is 19.8 Å². The fourth-order valence-electron chi connectivity index (χ4n) is 4.48. The number of aliphatic hydroxyl groups excluding tert-OH is 5. The summed E-state index contributed by atoms with van der Waals surface area (Å²) in [6.07, 6.45) is -12.2. The summed E-state index contributed by atoms with van der Waals surface area (Å²) >= 11 is 0. The van der Waals surface area contributed by atoms with Crippen molar-refractivity contribution in [3.05, 3.63) is 45.3 Å². The summed E-state index contributed by atoms with van der Waals surface area (Å²) in [5.41, 5.74) is -1.81. The van der Waals surface area contributed by atoms with Crippen LogP contribution in [0.2, 0.25) is 0 Å². The van der Waals surface area contributed by atoms with E-state index in [0.29, 0.717) is 9.47 Å². The molecule has 0 saturated carbocycles. The number of rotatable bonds is 12. The van der Waals surface area contributed by atoms with E-state index >= 15 is 0 Å². The lowest BCUT2D eigenvalue weighted by molar-refractivity contribution is -0.248. The Labute approximate surface area is 255 Å². The first-order valence-corrected chi connectivity index (χ1v) is 15.9. The summed E-state index contributed by atoms with van der Waals surface area (Å²) in [5.74, 6) is -2.87. The van der Waals surface area contributed by atoms with Crippen molar-refractivity contribution >= 4 is 33.4 Å². The van der Waals surface area contributed by atoms with Crippen molar-refractivity contribution in [1.29, 1.82) is 0 Å². The second kappa shape index (κ2) is 14.0. The largest absolute Gasteiger partial charge is 0.483 e. The molecule has 0 bridgehead atoms. The van der Waals surface area contributed by atoms with Gasteiger partial charge in [-0.1, -0.05) is 0 Å². The molecule has 2 saturated heterocycles. The minimum atomic E-state index is -5.80. The number of nitrogens with one attached hydrogen (secondary N) is 2. The van der Waals surface area contributed by atoms with Crippen molar-refractivity contribution in [3.8, 4) is 0 Å². The highest BCUT2D eigenvalue weighted by Gasteiger charge is 2.50. The molecule has 23 nitrogen and oxygen atoms in total. The van der Waals surface area contributed by atoms with E-state index in [1.165, 1.54) is 0 Å². The molecule has 4 rings (SSSR count). The third kappa shape index (κ3) is 8.10. The Hall–Kier alpha value is -2.99. The number of nitrogens with zero attached hydrogens (tertiary/aromatic N) is 2. The number of amides is 3. The van der Waals surface area contributed by atoms with Crippen LogP contribution in [-0.2, 0) is 46.3 Å². The molecule has 1 aromatic heterocycles. The number of aromatic nitrogens is 2. The van der Waals surface area contributed by atoms with Gasteiger partial charge in [0, 0.05) is 24.4 Å². The van der Waals surface area contributed by atoms with Gasteiger partial charge in [0.15, 0.2) is 12.5 Å². The molecule has 0 radical (unpaired) electrons. The lowest BCUT2D eigenvalue weighted by Gasteiger charge is -2.42. The molecule has 9 N–H and O–H groups in total. The average molecular weight is 702 g/mol. The zero-order chi connectivity index (χ0) is 34.1. The van der Waals surface area contributed by atoms with Gasteiger partial charge in [-0.3, -0.25) is 42.7 Å². The molecule has 25 heteroatoms. The van der Waals surface area contributed by atoms with E-state index < -0.39 is 120 Å². The molecule has 3 amide bonds. The zero-order valence-corrected chi connectivity index (χ0v) is 24.7. The number of hydrogen-bond acceptors (Lipinski definition) is 17. The van der Waals surface area contributed by atoms with Crippen molar-refractivity contribution in [2.24, 2.45) is 0 Å². The number of hydrogen-bond donors (Lipinski definition) is 9. The number of phosphoric ester groups is 2. The van der Waals surface area contributed by atoms with E-state index in [1.54, 1.807) is 0 Å². The number of phosphoric acid groups is 2. The molecule has 3 aliphatic heterocycles. The topological polar surface area (TPSA) is 343 Å². The van der Waals surface area contributed by atoms with Gasteiger partial charge in [-0.2, -0.15) is 4.31 Å². The Balaban J connectivity index is 1.41. The first kappa shape index (κ1) is 35.9. The monoisotopic (exact) mass is 702 g/mol. The fourth-order valence-corrected chi connectivity index (χ4v) is 6.65. The van der Waals surface area contributed by atoms with Gasteiger partial charge in [0.05, 0.1) is 13.2 Å². The van der Waals surface area contributed by atoms with Crippen LogP contribution in [-0.4, -0.2) is 136 Å². The molecule has 0 spiro atoms. The molecule has 46 heavy (non-hydrogen) atoms. The summed E-state index contributed by atoms with van der Waals surface area (Å²) in [7, 11) is -11.4. The van der Waals surface area contributed by atoms with Crippen molar-refractivity contribution < 1.29 is 81.7 Å². The number of ether oxygens (including phenoxy) is 2. The molecular formula is C21H28N4O19P2. The first-order valence-electron chi connectivity index (χ1n) is 12.9. The Morgan fingerprint density at radius 3 is 2.17 bits per heavy atom. The quantitative estimate of drug-likeness (QED) is 0.0723. The lowest BCUT2D eigenvalue weighted by Crippen LogP contribution is -2.65. The number of aliphatic hydroxyl groups is 5. The molecule has 11 atom stereocenters. The Kier molecular flexibility index (Phi) is 10.9. The summed E-state index contributed by atoms with van der Waals surface area (Å²) in [6, 6.07) is -1.06. The maximum absolute atomic E-state index is 12.7. The highest BCUT2D eigenvalue weighted by molar-refractivity contribution is 7.61. The minimum absolute atomic E-state index is 0.485. The third-order valence-electron chi connectivity index (χ3n) is 6.72. The Bertz CT molecular complexity index is 1560. The molecule has 2 unspecified atom stereocenters. The van der Waals surface area contributed by atoms with Gasteiger partial charge in [0.25, 0.3) is 17.4 Å². The lowest BCUT2D eigenvalue weighted by atomic mass is 9.97. The Morgan fingerprint density at radius 2 is 1.57 bits per heavy atom. The van der Waals surface area contributed by atoms with E-state index in [1.807, 2.05) is 10.3 Å². The zero-order valence-electron chi connectivity index (χ0n) is 22.9. The third-order valence-corrected chi connectivity index (χ3v) is 9.32. The van der Waals surface area contributed by atoms with Crippen LogP contribution < -0.4 is 16.6 Å². The van der Waals surface area contributed by atoms with Crippen molar-refractivity contribution in [2.75, 3.05) is 19.8 Å². The average Bonchev–Trinajstić information content (AvgIpc) is 3.43. The van der Waals surface area contributed by atoms with E-state index in [-0.39, 0.29) is 0 Å². The highest BCUT2D eigenvalue weighted by atomic mass is 31.3. The van der Waals surface area contributed by atoms with E-state index in [2.05, 4.69) is 8.83 Å². The van der Waals surface area contributed by atoms with Crippen LogP contribution in [0.1, 0.15) is 6.23 Å². The molecule has 0 aliphatic carbocycles. The van der Waals surface area contributed by atoms with Crippen molar-refractivity contribution in [3.63, 3.8) is 0 Å². The van der Waals surface area contributed by atoms with Crippen molar-refractivity contribution in [2.45, 2.75) is 55.2 Å². The van der Waals surface area contributed by atoms with E-state index in [4.69, 9.17) is 14.0 Å². The fraction of sp³-hybridized carbons (Fsp3) is 0.571.